The average Bonchev–Trinajstić information content (AvgIpc) is 2.09. The highest BCUT2D eigenvalue weighted by molar-refractivity contribution is 5.84. The number of hydrogen-bond acceptors (Lipinski definition) is 2. The average molecular weight is 182 g/mol. The molecule has 0 aliphatic heterocycles. The van der Waals surface area contributed by atoms with Crippen molar-refractivity contribution < 1.29 is 13.9 Å². The first-order valence-corrected chi connectivity index (χ1v) is 3.73. The first-order valence-electron chi connectivity index (χ1n) is 3.73. The van der Waals surface area contributed by atoms with Crippen LogP contribution >= 0.6 is 0 Å². The van der Waals surface area contributed by atoms with Gasteiger partial charge in [-0.3, -0.25) is 5.32 Å². The van der Waals surface area contributed by atoms with Crippen LogP contribution in [0.4, 0.5) is 14.9 Å². The van der Waals surface area contributed by atoms with E-state index in [2.05, 4.69) is 10.1 Å². The zero-order valence-corrected chi connectivity index (χ0v) is 7.08. The third kappa shape index (κ3) is 3.11. The monoisotopic (exact) mass is 182 g/mol. The SMILES string of the molecule is C[CH]OC(=O)Nc1ccc(F)cc1. The Morgan fingerprint density at radius 1 is 1.46 bits per heavy atom. The molecule has 3 nitrogen and oxygen atoms in total. The van der Waals surface area contributed by atoms with E-state index in [9.17, 15) is 9.18 Å². The maximum atomic E-state index is 12.4. The van der Waals surface area contributed by atoms with E-state index < -0.39 is 6.09 Å². The molecule has 0 unspecified atom stereocenters. The Bertz CT molecular complexity index is 284. The second kappa shape index (κ2) is 4.45. The first-order chi connectivity index (χ1) is 6.22. The molecule has 13 heavy (non-hydrogen) atoms. The lowest BCUT2D eigenvalue weighted by molar-refractivity contribution is 0.189. The molecule has 0 aromatic heterocycles. The maximum Gasteiger partial charge on any atom is 0.412 e. The van der Waals surface area contributed by atoms with Crippen LogP contribution in [-0.4, -0.2) is 6.09 Å². The minimum atomic E-state index is -0.589. The molecule has 1 N–H and O–H groups in total. The molecule has 69 valence electrons. The van der Waals surface area contributed by atoms with E-state index in [0.717, 1.165) is 0 Å². The topological polar surface area (TPSA) is 38.3 Å². The predicted molar refractivity (Wildman–Crippen MR) is 46.5 cm³/mol. The molecule has 1 rings (SSSR count). The van der Waals surface area contributed by atoms with Crippen molar-refractivity contribution in [1.82, 2.24) is 0 Å². The largest absolute Gasteiger partial charge is 0.442 e. The molecule has 4 heteroatoms. The third-order valence-corrected chi connectivity index (χ3v) is 1.32. The Morgan fingerprint density at radius 2 is 2.08 bits per heavy atom. The molecule has 0 aliphatic rings. The fraction of sp³-hybridized carbons (Fsp3) is 0.111. The van der Waals surface area contributed by atoms with Crippen LogP contribution in [0.3, 0.4) is 0 Å². The number of amides is 1. The van der Waals surface area contributed by atoms with Crippen molar-refractivity contribution in [2.24, 2.45) is 0 Å². The number of benzene rings is 1. The Balaban J connectivity index is 2.54. The number of nitrogens with one attached hydrogen (secondary N) is 1. The summed E-state index contributed by atoms with van der Waals surface area (Å²) in [6, 6.07) is 5.41. The minimum Gasteiger partial charge on any atom is -0.442 e. The predicted octanol–water partition coefficient (Wildman–Crippen LogP) is 2.56. The molecule has 0 spiro atoms. The molecule has 1 amide bonds. The number of rotatable bonds is 2. The summed E-state index contributed by atoms with van der Waals surface area (Å²) in [5.41, 5.74) is 0.494. The summed E-state index contributed by atoms with van der Waals surface area (Å²) >= 11 is 0. The van der Waals surface area contributed by atoms with Gasteiger partial charge in [-0.15, -0.1) is 0 Å². The number of carbonyl (C=O) groups excluding carboxylic acids is 1. The molecule has 0 fully saturated rings. The van der Waals surface area contributed by atoms with Gasteiger partial charge in [0, 0.05) is 5.69 Å². The van der Waals surface area contributed by atoms with E-state index in [1.54, 1.807) is 6.92 Å². The molecule has 1 aromatic carbocycles. The number of halogens is 1. The summed E-state index contributed by atoms with van der Waals surface area (Å²) < 4.78 is 16.9. The van der Waals surface area contributed by atoms with Crippen LogP contribution in [0.1, 0.15) is 6.92 Å². The normalized spacial score (nSPS) is 9.38. The minimum absolute atomic E-state index is 0.346. The highest BCUT2D eigenvalue weighted by atomic mass is 19.1. The van der Waals surface area contributed by atoms with Crippen molar-refractivity contribution >= 4 is 11.8 Å². The number of ether oxygens (including phenoxy) is 1. The van der Waals surface area contributed by atoms with Crippen molar-refractivity contribution in [3.05, 3.63) is 36.7 Å². The summed E-state index contributed by atoms with van der Waals surface area (Å²) in [5.74, 6) is -0.346. The summed E-state index contributed by atoms with van der Waals surface area (Å²) in [6.07, 6.45) is -0.589. The molecule has 0 saturated carbocycles. The van der Waals surface area contributed by atoms with Gasteiger partial charge in [0.25, 0.3) is 0 Å². The lowest BCUT2D eigenvalue weighted by Gasteiger charge is -2.03. The van der Waals surface area contributed by atoms with E-state index in [1.165, 1.54) is 30.9 Å². The zero-order chi connectivity index (χ0) is 9.68. The van der Waals surface area contributed by atoms with Crippen LogP contribution in [0, 0.1) is 12.4 Å². The Hall–Kier alpha value is -1.58. The number of carbonyl (C=O) groups is 1. The van der Waals surface area contributed by atoms with Gasteiger partial charge < -0.3 is 4.74 Å². The fourth-order valence-electron chi connectivity index (χ4n) is 0.788. The Morgan fingerprint density at radius 3 is 2.62 bits per heavy atom. The van der Waals surface area contributed by atoms with Crippen molar-refractivity contribution in [3.8, 4) is 0 Å². The molecule has 0 aliphatic carbocycles. The maximum absolute atomic E-state index is 12.4. The second-order valence-corrected chi connectivity index (χ2v) is 2.27. The molecule has 0 saturated heterocycles. The number of anilines is 1. The molecule has 0 heterocycles. The van der Waals surface area contributed by atoms with E-state index in [0.29, 0.717) is 5.69 Å². The smallest absolute Gasteiger partial charge is 0.412 e. The molecular weight excluding hydrogens is 173 g/mol. The van der Waals surface area contributed by atoms with Gasteiger partial charge in [-0.1, -0.05) is 0 Å². The van der Waals surface area contributed by atoms with Gasteiger partial charge in [-0.2, -0.15) is 0 Å². The standard InChI is InChI=1S/C9H9FNO2/c1-2-13-9(12)11-8-5-3-7(10)4-6-8/h2-6H,1H3,(H,11,12). The van der Waals surface area contributed by atoms with Crippen LogP contribution in [-0.2, 0) is 4.74 Å². The van der Waals surface area contributed by atoms with Gasteiger partial charge in [-0.25, -0.2) is 9.18 Å². The summed E-state index contributed by atoms with van der Waals surface area (Å²) in [5, 5.41) is 2.41. The Kier molecular flexibility index (Phi) is 3.25. The first kappa shape index (κ1) is 9.51. The lowest BCUT2D eigenvalue weighted by atomic mass is 10.3. The Labute approximate surface area is 75.5 Å². The van der Waals surface area contributed by atoms with Gasteiger partial charge in [0.2, 0.25) is 0 Å². The van der Waals surface area contributed by atoms with E-state index in [4.69, 9.17) is 0 Å². The van der Waals surface area contributed by atoms with Crippen molar-refractivity contribution in [3.63, 3.8) is 0 Å². The van der Waals surface area contributed by atoms with Crippen LogP contribution in [0.15, 0.2) is 24.3 Å². The van der Waals surface area contributed by atoms with Crippen molar-refractivity contribution in [2.45, 2.75) is 6.92 Å². The van der Waals surface area contributed by atoms with Crippen molar-refractivity contribution in [1.29, 1.82) is 0 Å². The molecular formula is C9H9FNO2. The van der Waals surface area contributed by atoms with E-state index in [1.807, 2.05) is 0 Å². The van der Waals surface area contributed by atoms with Crippen LogP contribution in [0.25, 0.3) is 0 Å². The third-order valence-electron chi connectivity index (χ3n) is 1.32. The molecule has 1 aromatic rings. The van der Waals surface area contributed by atoms with E-state index >= 15 is 0 Å². The summed E-state index contributed by atoms with van der Waals surface area (Å²) in [6.45, 7) is 2.85. The molecule has 0 bridgehead atoms. The summed E-state index contributed by atoms with van der Waals surface area (Å²) in [7, 11) is 0. The lowest BCUT2D eigenvalue weighted by Crippen LogP contribution is -2.11. The van der Waals surface area contributed by atoms with Crippen molar-refractivity contribution in [2.75, 3.05) is 5.32 Å². The highest BCUT2D eigenvalue weighted by Gasteiger charge is 2.00. The molecule has 0 atom stereocenters. The van der Waals surface area contributed by atoms with Gasteiger partial charge in [0.05, 0.1) is 0 Å². The van der Waals surface area contributed by atoms with Gasteiger partial charge >= 0.3 is 6.09 Å². The highest BCUT2D eigenvalue weighted by Crippen LogP contribution is 2.08. The van der Waals surface area contributed by atoms with Gasteiger partial charge in [0.15, 0.2) is 0 Å². The fourth-order valence-corrected chi connectivity index (χ4v) is 0.788. The number of hydrogen-bond donors (Lipinski definition) is 1. The van der Waals surface area contributed by atoms with Crippen LogP contribution < -0.4 is 5.32 Å². The van der Waals surface area contributed by atoms with Gasteiger partial charge in [0.1, 0.15) is 12.4 Å². The van der Waals surface area contributed by atoms with E-state index in [-0.39, 0.29) is 5.82 Å². The van der Waals surface area contributed by atoms with Gasteiger partial charge in [-0.05, 0) is 31.2 Å². The van der Waals surface area contributed by atoms with Crippen LogP contribution in [0.5, 0.6) is 0 Å². The van der Waals surface area contributed by atoms with Crippen LogP contribution in [0.2, 0.25) is 0 Å². The zero-order valence-electron chi connectivity index (χ0n) is 7.08. The second-order valence-electron chi connectivity index (χ2n) is 2.27. The molecule has 1 radical (unpaired) electrons. The summed E-state index contributed by atoms with van der Waals surface area (Å²) in [4.78, 5) is 10.8. The quantitative estimate of drug-likeness (QED) is 0.763.